The quantitative estimate of drug-likeness (QED) is 0.211. The van der Waals surface area contributed by atoms with Crippen molar-refractivity contribution in [3.63, 3.8) is 0 Å². The molecule has 170 valence electrons. The molecule has 3 N–H and O–H groups in total. The topological polar surface area (TPSA) is 141 Å². The van der Waals surface area contributed by atoms with E-state index in [4.69, 9.17) is 23.0 Å². The first-order valence-corrected chi connectivity index (χ1v) is 12.5. The maximum atomic E-state index is 11.6. The highest BCUT2D eigenvalue weighted by Gasteiger charge is 2.24. The van der Waals surface area contributed by atoms with Crippen LogP contribution < -0.4 is 0 Å². The van der Waals surface area contributed by atoms with E-state index in [0.29, 0.717) is 26.1 Å². The maximum Gasteiger partial charge on any atom is 0.472 e. The highest BCUT2D eigenvalue weighted by Crippen LogP contribution is 2.47. The molecule has 0 saturated carbocycles. The fourth-order valence-corrected chi connectivity index (χ4v) is 3.44. The van der Waals surface area contributed by atoms with Crippen LogP contribution in [0, 0.1) is 5.92 Å². The second-order valence-corrected chi connectivity index (χ2v) is 10.7. The van der Waals surface area contributed by atoms with E-state index in [9.17, 15) is 24.0 Å². The molecule has 0 radical (unpaired) electrons. The summed E-state index contributed by atoms with van der Waals surface area (Å²) in [5, 5.41) is 9.32. The molecule has 0 aromatic rings. The van der Waals surface area contributed by atoms with E-state index in [2.05, 4.69) is 0 Å². The molecule has 0 aromatic carbocycles. The summed E-state index contributed by atoms with van der Waals surface area (Å²) in [5.74, 6) is -0.213. The molecule has 3 unspecified atom stereocenters. The first kappa shape index (κ1) is 28.1. The highest BCUT2D eigenvalue weighted by molar-refractivity contribution is 7.53. The van der Waals surface area contributed by atoms with Crippen molar-refractivity contribution in [1.29, 1.82) is 0 Å². The molecule has 0 aliphatic heterocycles. The van der Waals surface area contributed by atoms with Crippen LogP contribution in [0.25, 0.3) is 0 Å². The molecule has 0 saturated heterocycles. The summed E-state index contributed by atoms with van der Waals surface area (Å²) in [7, 11) is -7.57. The van der Waals surface area contributed by atoms with Crippen molar-refractivity contribution in [3.05, 3.63) is 0 Å². The van der Waals surface area contributed by atoms with E-state index >= 15 is 0 Å². The molecule has 0 amide bonds. The number of ether oxygens (including phenoxy) is 2. The predicted molar refractivity (Wildman–Crippen MR) is 104 cm³/mol. The number of phosphoric acid groups is 1. The summed E-state index contributed by atoms with van der Waals surface area (Å²) >= 11 is 0. The Balaban J connectivity index is 3.72. The van der Waals surface area contributed by atoms with Crippen LogP contribution in [-0.2, 0) is 32.2 Å². The van der Waals surface area contributed by atoms with Gasteiger partial charge in [0.1, 0.15) is 0 Å². The minimum Gasteiger partial charge on any atom is -0.396 e. The molecule has 3 atom stereocenters. The van der Waals surface area contributed by atoms with Gasteiger partial charge >= 0.3 is 15.4 Å². The molecule has 28 heavy (non-hydrogen) atoms. The Hall–Kier alpha value is 0.140. The highest BCUT2D eigenvalue weighted by atomic mass is 31.2. The van der Waals surface area contributed by atoms with Gasteiger partial charge in [0.2, 0.25) is 0 Å². The zero-order valence-electron chi connectivity index (χ0n) is 17.2. The van der Waals surface area contributed by atoms with Gasteiger partial charge in [-0.25, -0.2) is 4.57 Å². The second-order valence-electron chi connectivity index (χ2n) is 6.85. The van der Waals surface area contributed by atoms with Crippen LogP contribution in [-0.4, -0.2) is 72.9 Å². The molecule has 0 aliphatic carbocycles. The lowest BCUT2D eigenvalue weighted by atomic mass is 10.2. The lowest BCUT2D eigenvalue weighted by molar-refractivity contribution is 0.0101. The van der Waals surface area contributed by atoms with Crippen molar-refractivity contribution in [2.75, 3.05) is 46.2 Å². The van der Waals surface area contributed by atoms with Gasteiger partial charge in [-0.3, -0.25) is 13.6 Å². The predicted octanol–water partition coefficient (Wildman–Crippen LogP) is 2.56. The summed E-state index contributed by atoms with van der Waals surface area (Å²) in [4.78, 5) is 18.9. The van der Waals surface area contributed by atoms with Gasteiger partial charge in [-0.1, -0.05) is 13.8 Å². The van der Waals surface area contributed by atoms with Gasteiger partial charge in [0.25, 0.3) is 0 Å². The number of hydrogen-bond acceptors (Lipinski definition) is 8. The summed E-state index contributed by atoms with van der Waals surface area (Å²) < 4.78 is 48.4. The Labute approximate surface area is 167 Å². The van der Waals surface area contributed by atoms with E-state index in [-0.39, 0.29) is 39.0 Å². The van der Waals surface area contributed by atoms with Crippen LogP contribution in [0.4, 0.5) is 0 Å². The number of hydrogen-bond donors (Lipinski definition) is 3. The fourth-order valence-electron chi connectivity index (χ4n) is 1.80. The number of aliphatic hydroxyl groups excluding tert-OH is 1. The Kier molecular flexibility index (Phi) is 15.1. The van der Waals surface area contributed by atoms with Crippen molar-refractivity contribution in [3.8, 4) is 0 Å². The zero-order valence-corrected chi connectivity index (χ0v) is 19.0. The Morgan fingerprint density at radius 1 is 0.821 bits per heavy atom. The lowest BCUT2D eigenvalue weighted by Gasteiger charge is -2.17. The van der Waals surface area contributed by atoms with Gasteiger partial charge < -0.3 is 28.9 Å². The number of phosphoric ester groups is 1. The van der Waals surface area contributed by atoms with E-state index in [1.807, 2.05) is 0 Å². The molecule has 0 spiro atoms. The third-order valence-corrected chi connectivity index (χ3v) is 6.41. The van der Waals surface area contributed by atoms with Crippen LogP contribution in [0.2, 0.25) is 0 Å². The second kappa shape index (κ2) is 15.0. The minimum atomic E-state index is -4.02. The average molecular weight is 450 g/mol. The maximum absolute atomic E-state index is 11.6. The van der Waals surface area contributed by atoms with Crippen LogP contribution in [0.3, 0.4) is 0 Å². The van der Waals surface area contributed by atoms with E-state index < -0.39 is 27.2 Å². The van der Waals surface area contributed by atoms with Crippen molar-refractivity contribution >= 4 is 15.4 Å². The molecule has 0 aromatic heterocycles. The summed E-state index contributed by atoms with van der Waals surface area (Å²) in [6.45, 7) is 7.73. The van der Waals surface area contributed by atoms with Crippen molar-refractivity contribution in [1.82, 2.24) is 0 Å². The average Bonchev–Trinajstić information content (AvgIpc) is 2.57. The SMILES string of the molecule is CC(C)OP(=O)(O)OCCCOCC(CO)COCCCOP(=O)(O)C(C)C. The molecular weight excluding hydrogens is 414 g/mol. The van der Waals surface area contributed by atoms with E-state index in [0.717, 1.165) is 0 Å². The monoisotopic (exact) mass is 450 g/mol. The molecule has 10 nitrogen and oxygen atoms in total. The van der Waals surface area contributed by atoms with E-state index in [1.165, 1.54) is 0 Å². The normalized spacial score (nSPS) is 17.6. The first-order chi connectivity index (χ1) is 13.0. The van der Waals surface area contributed by atoms with Gasteiger partial charge in [0, 0.05) is 19.1 Å². The van der Waals surface area contributed by atoms with Gasteiger partial charge in [-0.2, -0.15) is 0 Å². The Morgan fingerprint density at radius 2 is 1.32 bits per heavy atom. The smallest absolute Gasteiger partial charge is 0.396 e. The molecular formula is C16H36O10P2. The van der Waals surface area contributed by atoms with Crippen LogP contribution in [0.15, 0.2) is 0 Å². The van der Waals surface area contributed by atoms with Crippen LogP contribution in [0.5, 0.6) is 0 Å². The van der Waals surface area contributed by atoms with Crippen LogP contribution in [0.1, 0.15) is 40.5 Å². The summed E-state index contributed by atoms with van der Waals surface area (Å²) in [6, 6.07) is 0. The number of aliphatic hydroxyl groups is 1. The summed E-state index contributed by atoms with van der Waals surface area (Å²) in [6.07, 6.45) is 0.458. The van der Waals surface area contributed by atoms with Crippen molar-refractivity contribution < 1.29 is 47.1 Å². The van der Waals surface area contributed by atoms with Crippen LogP contribution >= 0.6 is 15.4 Å². The molecule has 0 aliphatic rings. The molecule has 0 heterocycles. The van der Waals surface area contributed by atoms with Gasteiger partial charge in [-0.05, 0) is 26.7 Å². The van der Waals surface area contributed by atoms with Gasteiger partial charge in [0.15, 0.2) is 0 Å². The summed E-state index contributed by atoms with van der Waals surface area (Å²) in [5.41, 5.74) is -0.443. The molecule has 12 heteroatoms. The zero-order chi connectivity index (χ0) is 21.6. The van der Waals surface area contributed by atoms with E-state index in [1.54, 1.807) is 27.7 Å². The molecule has 0 bridgehead atoms. The fraction of sp³-hybridized carbons (Fsp3) is 1.00. The molecule has 0 rings (SSSR count). The standard InChI is InChI=1S/C16H36O10P2/c1-14(2)26-28(20,21)25-10-6-8-23-13-16(11-17)12-22-7-5-9-24-27(18,19)15(3)4/h14-17H,5-13H2,1-4H3,(H,18,19)(H,20,21). The molecule has 0 fully saturated rings. The van der Waals surface area contributed by atoms with Gasteiger partial charge in [0.05, 0.1) is 44.8 Å². The Bertz CT molecular complexity index is 486. The Morgan fingerprint density at radius 3 is 1.75 bits per heavy atom. The number of rotatable bonds is 18. The first-order valence-electron chi connectivity index (χ1n) is 9.39. The van der Waals surface area contributed by atoms with Gasteiger partial charge in [-0.15, -0.1) is 0 Å². The van der Waals surface area contributed by atoms with Crippen molar-refractivity contribution in [2.24, 2.45) is 5.92 Å². The third-order valence-electron chi connectivity index (χ3n) is 3.36. The minimum absolute atomic E-state index is 0.0197. The largest absolute Gasteiger partial charge is 0.472 e. The third kappa shape index (κ3) is 15.0. The van der Waals surface area contributed by atoms with Crippen molar-refractivity contribution in [2.45, 2.75) is 52.3 Å². The lowest BCUT2D eigenvalue weighted by Crippen LogP contribution is -2.21.